The monoisotopic (exact) mass is 799 g/mol. The first kappa shape index (κ1) is 45.8. The Morgan fingerprint density at radius 1 is 0.585 bits per heavy atom. The van der Waals surface area contributed by atoms with E-state index >= 15 is 0 Å². The fraction of sp³-hybridized carbons (Fsp3) is 0.283. The van der Waals surface area contributed by atoms with Crippen molar-refractivity contribution < 1.29 is 17.1 Å². The SMILES string of the molecule is Cc1cc(C)c(N=C(c2ccccc2)c2cccc(C(=Nc3c(C)cc(C)cc3C(C)C)c3ccccc3)n2)c(Cl)c1.[CH2-][Si](C)(C)C.[CH2-][Si](C)(C)C.[Fe+2]. The molecule has 53 heavy (non-hydrogen) atoms. The van der Waals surface area contributed by atoms with Gasteiger partial charge >= 0.3 is 17.1 Å². The van der Waals surface area contributed by atoms with E-state index in [9.17, 15) is 0 Å². The molecule has 3 nitrogen and oxygen atoms in total. The molecule has 0 radical (unpaired) electrons. The van der Waals surface area contributed by atoms with Crippen molar-refractivity contribution in [3.05, 3.63) is 172 Å². The van der Waals surface area contributed by atoms with Gasteiger partial charge in [0.2, 0.25) is 0 Å². The maximum absolute atomic E-state index is 6.73. The standard InChI is InChI=1S/C38H36ClN3.2C4H11Si.Fe/c1-24(2)31-22-25(3)20-27(5)35(31)41-37(29-14-9-7-10-15-29)33-18-13-19-34(40-33)38(30-16-11-8-12-17-30)42-36-28(6)21-26(4)23-32(36)39;2*1-5(2,3)4;/h7-24H,1-6H3;2*1H2,2-4H3;/q;2*-1;+2. The summed E-state index contributed by atoms with van der Waals surface area (Å²) < 4.78 is 0. The minimum atomic E-state index is -0.861. The second-order valence-corrected chi connectivity index (χ2v) is 26.9. The molecule has 1 aromatic heterocycles. The van der Waals surface area contributed by atoms with E-state index in [0.29, 0.717) is 10.9 Å². The quantitative estimate of drug-likeness (QED) is 0.0918. The molecule has 5 rings (SSSR count). The number of benzene rings is 4. The molecule has 0 spiro atoms. The molecular formula is C46H58ClFeN3Si2. The van der Waals surface area contributed by atoms with Gasteiger partial charge in [0.15, 0.2) is 0 Å². The number of aromatic nitrogens is 1. The molecule has 0 N–H and O–H groups in total. The fourth-order valence-corrected chi connectivity index (χ4v) is 5.65. The Hall–Kier alpha value is -3.39. The van der Waals surface area contributed by atoms with E-state index in [4.69, 9.17) is 26.6 Å². The third-order valence-electron chi connectivity index (χ3n) is 7.27. The first-order valence-electron chi connectivity index (χ1n) is 18.1. The molecule has 5 aromatic rings. The second-order valence-electron chi connectivity index (χ2n) is 16.3. The summed E-state index contributed by atoms with van der Waals surface area (Å²) in [5, 5.41) is 0.625. The van der Waals surface area contributed by atoms with Gasteiger partial charge in [-0.3, -0.25) is 0 Å². The van der Waals surface area contributed by atoms with E-state index in [0.717, 1.165) is 62.0 Å². The minimum absolute atomic E-state index is 0. The minimum Gasteiger partial charge on any atom is -0.342 e. The zero-order valence-corrected chi connectivity index (χ0v) is 37.7. The van der Waals surface area contributed by atoms with Crippen LogP contribution in [0, 0.1) is 40.8 Å². The summed E-state index contributed by atoms with van der Waals surface area (Å²) in [7, 11) is -1.72. The van der Waals surface area contributed by atoms with E-state index in [2.05, 4.69) is 123 Å². The molecule has 0 aliphatic carbocycles. The van der Waals surface area contributed by atoms with Gasteiger partial charge in [0, 0.05) is 11.1 Å². The molecule has 1 heterocycles. The van der Waals surface area contributed by atoms with E-state index in [1.807, 2.05) is 74.5 Å². The van der Waals surface area contributed by atoms with Crippen molar-refractivity contribution in [2.24, 2.45) is 9.98 Å². The summed E-state index contributed by atoms with van der Waals surface area (Å²) in [6.07, 6.45) is 0. The largest absolute Gasteiger partial charge is 2.00 e. The van der Waals surface area contributed by atoms with Gasteiger partial charge in [-0.2, -0.15) is 0 Å². The predicted molar refractivity (Wildman–Crippen MR) is 236 cm³/mol. The van der Waals surface area contributed by atoms with Gasteiger partial charge in [-0.1, -0.05) is 155 Å². The van der Waals surface area contributed by atoms with Crippen molar-refractivity contribution in [2.75, 3.05) is 0 Å². The first-order valence-corrected chi connectivity index (χ1v) is 25.8. The van der Waals surface area contributed by atoms with Gasteiger partial charge in [-0.25, -0.2) is 15.0 Å². The molecule has 0 atom stereocenters. The number of aliphatic imine (C=N–C) groups is 2. The van der Waals surface area contributed by atoms with Crippen molar-refractivity contribution in [3.8, 4) is 0 Å². The fourth-order valence-electron chi connectivity index (χ4n) is 5.29. The summed E-state index contributed by atoms with van der Waals surface area (Å²) in [6.45, 7) is 33.9. The zero-order chi connectivity index (χ0) is 38.8. The summed E-state index contributed by atoms with van der Waals surface area (Å²) in [6, 6.07) is 35.0. The van der Waals surface area contributed by atoms with Crippen LogP contribution in [0.3, 0.4) is 0 Å². The molecule has 280 valence electrons. The summed E-state index contributed by atoms with van der Waals surface area (Å²) in [5.41, 5.74) is 12.6. The Balaban J connectivity index is 0.000000783. The number of aryl methyl sites for hydroxylation is 4. The molecule has 0 saturated heterocycles. The van der Waals surface area contributed by atoms with Gasteiger partial charge in [0.1, 0.15) is 0 Å². The Kier molecular flexibility index (Phi) is 17.6. The van der Waals surface area contributed by atoms with E-state index in [1.54, 1.807) is 0 Å². The third-order valence-corrected chi connectivity index (χ3v) is 7.56. The molecule has 0 aliphatic heterocycles. The Morgan fingerprint density at radius 2 is 0.962 bits per heavy atom. The smallest absolute Gasteiger partial charge is 0.342 e. The van der Waals surface area contributed by atoms with Crippen molar-refractivity contribution >= 4 is 50.5 Å². The van der Waals surface area contributed by atoms with Gasteiger partial charge in [-0.15, -0.1) is 16.1 Å². The van der Waals surface area contributed by atoms with Crippen LogP contribution in [0.2, 0.25) is 44.3 Å². The molecule has 0 unspecified atom stereocenters. The van der Waals surface area contributed by atoms with Crippen molar-refractivity contribution in [2.45, 2.75) is 86.7 Å². The van der Waals surface area contributed by atoms with Gasteiger partial charge < -0.3 is 13.1 Å². The van der Waals surface area contributed by atoms with Crippen molar-refractivity contribution in [1.82, 2.24) is 4.98 Å². The molecule has 0 fully saturated rings. The van der Waals surface area contributed by atoms with Gasteiger partial charge in [0.05, 0.1) is 39.2 Å². The van der Waals surface area contributed by atoms with Crippen LogP contribution >= 0.6 is 11.6 Å². The number of pyridine rings is 1. The molecule has 0 bridgehead atoms. The van der Waals surface area contributed by atoms with Crippen LogP contribution in [-0.4, -0.2) is 32.6 Å². The van der Waals surface area contributed by atoms with Crippen LogP contribution in [-0.2, 0) is 17.1 Å². The number of hydrogen-bond donors (Lipinski definition) is 0. The zero-order valence-electron chi connectivity index (χ0n) is 33.9. The van der Waals surface area contributed by atoms with Crippen LogP contribution in [0.4, 0.5) is 11.4 Å². The third kappa shape index (κ3) is 15.5. The number of hydrogen-bond acceptors (Lipinski definition) is 3. The van der Waals surface area contributed by atoms with E-state index in [-0.39, 0.29) is 17.1 Å². The van der Waals surface area contributed by atoms with E-state index < -0.39 is 16.1 Å². The van der Waals surface area contributed by atoms with E-state index in [1.165, 1.54) is 11.1 Å². The molecule has 4 aromatic carbocycles. The normalized spacial score (nSPS) is 11.9. The average molecular weight is 800 g/mol. The maximum atomic E-state index is 6.73. The number of rotatable bonds is 7. The van der Waals surface area contributed by atoms with Crippen LogP contribution < -0.4 is 0 Å². The van der Waals surface area contributed by atoms with Crippen LogP contribution in [0.5, 0.6) is 0 Å². The second kappa shape index (κ2) is 20.3. The number of nitrogens with zero attached hydrogens (tertiary/aromatic N) is 3. The summed E-state index contributed by atoms with van der Waals surface area (Å²) in [4.78, 5) is 15.7. The van der Waals surface area contributed by atoms with Gasteiger partial charge in [-0.05, 0) is 74.1 Å². The summed E-state index contributed by atoms with van der Waals surface area (Å²) >= 11 is 6.73. The Morgan fingerprint density at radius 3 is 1.36 bits per heavy atom. The van der Waals surface area contributed by atoms with Crippen molar-refractivity contribution in [1.29, 1.82) is 0 Å². The molecule has 0 aliphatic rings. The van der Waals surface area contributed by atoms with Crippen LogP contribution in [0.25, 0.3) is 0 Å². The molecule has 0 amide bonds. The first-order chi connectivity index (χ1) is 24.2. The topological polar surface area (TPSA) is 37.6 Å². The van der Waals surface area contributed by atoms with Crippen LogP contribution in [0.1, 0.15) is 70.1 Å². The average Bonchev–Trinajstić information content (AvgIpc) is 3.03. The Labute approximate surface area is 339 Å². The molecule has 7 heteroatoms. The van der Waals surface area contributed by atoms with Crippen molar-refractivity contribution in [3.63, 3.8) is 0 Å². The molecular weight excluding hydrogens is 742 g/mol. The molecule has 0 saturated carbocycles. The Bertz CT molecular complexity index is 1940. The number of halogens is 1. The maximum Gasteiger partial charge on any atom is 2.00 e. The predicted octanol–water partition coefficient (Wildman–Crippen LogP) is 13.8. The summed E-state index contributed by atoms with van der Waals surface area (Å²) in [5.74, 6) is 0.331. The van der Waals surface area contributed by atoms with Gasteiger partial charge in [0.25, 0.3) is 0 Å². The van der Waals surface area contributed by atoms with Crippen LogP contribution in [0.15, 0.2) is 113 Å².